The number of hydrogen-bond donors (Lipinski definition) is 0. The number of rotatable bonds is 2. The molecule has 0 bridgehead atoms. The zero-order valence-electron chi connectivity index (χ0n) is 30.0. The van der Waals surface area contributed by atoms with Crippen LogP contribution in [0, 0.1) is 41.8 Å². The zero-order chi connectivity index (χ0) is 29.6. The molecule has 5 heteroatoms. The molecule has 0 aromatic heterocycles. The fraction of sp³-hybridized carbons (Fsp3) is 0.238. The van der Waals surface area contributed by atoms with Crippen LogP contribution in [0.1, 0.15) is 70.2 Å². The Morgan fingerprint density at radius 1 is 0.638 bits per heavy atom. The number of benzene rings is 4. The van der Waals surface area contributed by atoms with Gasteiger partial charge in [0.15, 0.2) is 0 Å². The molecule has 4 aromatic rings. The van der Waals surface area contributed by atoms with Gasteiger partial charge in [-0.05, 0) is 39.5 Å². The third-order valence-electron chi connectivity index (χ3n) is 7.41. The average Bonchev–Trinajstić information content (AvgIpc) is 3.64. The maximum absolute atomic E-state index is 3.88. The first-order chi connectivity index (χ1) is 19.5. The Hall–Kier alpha value is -1.74. The molecule has 6 rings (SSSR count). The molecule has 0 aliphatic heterocycles. The molecule has 0 nitrogen and oxygen atoms in total. The molecule has 4 aromatic carbocycles. The van der Waals surface area contributed by atoms with Crippen LogP contribution < -0.4 is 0 Å². The van der Waals surface area contributed by atoms with E-state index >= 15 is 0 Å². The summed E-state index contributed by atoms with van der Waals surface area (Å²) in [4.78, 5) is 0. The van der Waals surface area contributed by atoms with Gasteiger partial charge in [-0.3, -0.25) is 6.08 Å². The Labute approximate surface area is 316 Å². The standard InChI is InChI=1S/C33H33.C5H5.4CH3.2ClH.2Si.Zr/c1-32(2,3)30-20-26-24(18-28(30)22-13-9-7-10-14-22)17-25-19-29(23-15-11-8-12-16-23)31(21-27(25)26)33(4,5)6;1-2-4-5-3-1;;;;;;;;;/h7-16,18,20-21H,17H2,1-6H3;1-3H,4H2;4*1H3;2*1H;;;/q6*-1;;;;;. The third kappa shape index (κ3) is 12.6. The van der Waals surface area contributed by atoms with Gasteiger partial charge in [0.2, 0.25) is 0 Å². The summed E-state index contributed by atoms with van der Waals surface area (Å²) in [5.74, 6) is 0. The van der Waals surface area contributed by atoms with E-state index in [4.69, 9.17) is 0 Å². The monoisotopic (exact) mass is 772 g/mol. The molecule has 0 amide bonds. The van der Waals surface area contributed by atoms with Gasteiger partial charge >= 0.3 is 34.2 Å². The van der Waals surface area contributed by atoms with Crippen molar-refractivity contribution in [3.05, 3.63) is 161 Å². The predicted octanol–water partition coefficient (Wildman–Crippen LogP) is 12.2. The molecule has 2 aliphatic rings. The van der Waals surface area contributed by atoms with Gasteiger partial charge in [0.1, 0.15) is 0 Å². The van der Waals surface area contributed by atoms with Crippen LogP contribution >= 0.6 is 24.8 Å². The summed E-state index contributed by atoms with van der Waals surface area (Å²) in [6.45, 7) is 20.4. The minimum absolute atomic E-state index is 0. The molecule has 0 heterocycles. The van der Waals surface area contributed by atoms with Crippen molar-refractivity contribution in [1.82, 2.24) is 0 Å². The van der Waals surface area contributed by atoms with Crippen molar-refractivity contribution in [3.8, 4) is 33.4 Å². The van der Waals surface area contributed by atoms with Gasteiger partial charge in [-0.1, -0.05) is 131 Å². The van der Waals surface area contributed by atoms with Crippen molar-refractivity contribution >= 4 is 38.6 Å². The summed E-state index contributed by atoms with van der Waals surface area (Å²) in [7, 11) is 0. The van der Waals surface area contributed by atoms with Crippen LogP contribution in [0.3, 0.4) is 0 Å². The number of fused-ring (bicyclic) bond motifs is 3. The van der Waals surface area contributed by atoms with Crippen LogP contribution in [-0.2, 0) is 37.7 Å². The molecule has 252 valence electrons. The number of allylic oxidation sites excluding steroid dienone is 4. The normalized spacial score (nSPS) is 11.2. The quantitative estimate of drug-likeness (QED) is 0.124. The first kappa shape index (κ1) is 49.6. The molecule has 0 saturated heterocycles. The SMILES string of the molecule is CC(C)(C)c1cc2c([c-]c1-c1ccccc1)Cc1cc(-c3ccccc3)c(C(C)(C)C)cc1-2.Cl.Cl.[C-]1=CC=CC1.[CH3-].[CH3-].[CH3-].[CH3-].[Si]=[Zr]=[Si]. The zero-order valence-corrected chi connectivity index (χ0v) is 36.1. The van der Waals surface area contributed by atoms with Crippen molar-refractivity contribution < 1.29 is 20.5 Å². The summed E-state index contributed by atoms with van der Waals surface area (Å²) in [6, 6.07) is 32.8. The van der Waals surface area contributed by atoms with Gasteiger partial charge in [-0.2, -0.15) is 6.08 Å². The summed E-state index contributed by atoms with van der Waals surface area (Å²) < 4.78 is 0. The van der Waals surface area contributed by atoms with E-state index in [1.54, 1.807) is 0 Å². The summed E-state index contributed by atoms with van der Waals surface area (Å²) in [5.41, 5.74) is 13.5. The van der Waals surface area contributed by atoms with Crippen LogP contribution in [0.2, 0.25) is 0 Å². The topological polar surface area (TPSA) is 0 Å². The molecule has 0 spiro atoms. The Balaban J connectivity index is -0.00000124. The number of hydrogen-bond acceptors (Lipinski definition) is 0. The molecule has 0 fully saturated rings. The Morgan fingerprint density at radius 3 is 1.55 bits per heavy atom. The fourth-order valence-electron chi connectivity index (χ4n) is 5.44. The van der Waals surface area contributed by atoms with E-state index in [1.165, 1.54) is 55.6 Å². The van der Waals surface area contributed by atoms with Gasteiger partial charge < -0.3 is 29.7 Å². The van der Waals surface area contributed by atoms with Crippen molar-refractivity contribution in [1.29, 1.82) is 0 Å². The van der Waals surface area contributed by atoms with Gasteiger partial charge in [0.25, 0.3) is 0 Å². The minimum atomic E-state index is -0.159. The molecular formula is C42H52Cl2Si2Zr-6. The van der Waals surface area contributed by atoms with Gasteiger partial charge in [0.05, 0.1) is 0 Å². The van der Waals surface area contributed by atoms with Gasteiger partial charge in [-0.25, -0.2) is 12.2 Å². The predicted molar refractivity (Wildman–Crippen MR) is 215 cm³/mol. The molecule has 0 saturated carbocycles. The van der Waals surface area contributed by atoms with Crippen LogP contribution in [0.4, 0.5) is 0 Å². The van der Waals surface area contributed by atoms with E-state index in [9.17, 15) is 0 Å². The average molecular weight is 775 g/mol. The van der Waals surface area contributed by atoms with Crippen molar-refractivity contribution in [2.75, 3.05) is 0 Å². The second-order valence-corrected chi connectivity index (χ2v) is 19.1. The molecular weight excluding hydrogens is 723 g/mol. The second-order valence-electron chi connectivity index (χ2n) is 12.5. The van der Waals surface area contributed by atoms with E-state index in [0.29, 0.717) is 0 Å². The van der Waals surface area contributed by atoms with E-state index in [1.807, 2.05) is 12.2 Å². The van der Waals surface area contributed by atoms with E-state index in [-0.39, 0.29) is 85.8 Å². The van der Waals surface area contributed by atoms with Crippen molar-refractivity contribution in [2.24, 2.45) is 0 Å². The number of halogens is 2. The molecule has 0 unspecified atom stereocenters. The van der Waals surface area contributed by atoms with E-state index in [2.05, 4.69) is 152 Å². The Bertz CT molecular complexity index is 1490. The van der Waals surface area contributed by atoms with Crippen LogP contribution in [-0.4, -0.2) is 13.8 Å². The third-order valence-corrected chi connectivity index (χ3v) is 7.41. The molecule has 0 N–H and O–H groups in total. The summed E-state index contributed by atoms with van der Waals surface area (Å²) in [6.07, 6.45) is 10.9. The molecule has 2 aliphatic carbocycles. The van der Waals surface area contributed by atoms with Crippen molar-refractivity contribution in [2.45, 2.75) is 65.2 Å². The second kappa shape index (κ2) is 22.1. The van der Waals surface area contributed by atoms with Crippen molar-refractivity contribution in [3.63, 3.8) is 0 Å². The summed E-state index contributed by atoms with van der Waals surface area (Å²) in [5, 5.41) is 0. The first-order valence-electron chi connectivity index (χ1n) is 14.2. The molecule has 47 heavy (non-hydrogen) atoms. The first-order valence-corrected chi connectivity index (χ1v) is 22.6. The molecule has 4 radical (unpaired) electrons. The van der Waals surface area contributed by atoms with Crippen LogP contribution in [0.25, 0.3) is 33.4 Å². The van der Waals surface area contributed by atoms with Crippen LogP contribution in [0.15, 0.2) is 97.1 Å². The fourth-order valence-corrected chi connectivity index (χ4v) is 5.44. The van der Waals surface area contributed by atoms with E-state index in [0.717, 1.165) is 12.8 Å². The Kier molecular flexibility index (Phi) is 23.3. The summed E-state index contributed by atoms with van der Waals surface area (Å²) >= 11 is -0.159. The Morgan fingerprint density at radius 2 is 1.13 bits per heavy atom. The van der Waals surface area contributed by atoms with Gasteiger partial charge in [-0.15, -0.1) is 60.1 Å². The van der Waals surface area contributed by atoms with E-state index < -0.39 is 0 Å². The molecule has 0 atom stereocenters. The van der Waals surface area contributed by atoms with Gasteiger partial charge in [0, 0.05) is 0 Å². The maximum atomic E-state index is 3.88. The van der Waals surface area contributed by atoms with Crippen LogP contribution in [0.5, 0.6) is 0 Å².